The zero-order valence-electron chi connectivity index (χ0n) is 13.2. The molecular weight excluding hydrogens is 345 g/mol. The van der Waals surface area contributed by atoms with Crippen molar-refractivity contribution in [1.29, 1.82) is 0 Å². The molecule has 24 heavy (non-hydrogen) atoms. The second-order valence-electron chi connectivity index (χ2n) is 5.87. The van der Waals surface area contributed by atoms with Crippen LogP contribution in [0.15, 0.2) is 12.1 Å². The fourth-order valence-corrected chi connectivity index (χ4v) is 3.59. The number of halogens is 3. The van der Waals surface area contributed by atoms with Crippen molar-refractivity contribution in [3.05, 3.63) is 29.6 Å². The number of amides is 1. The second kappa shape index (κ2) is 7.42. The molecule has 0 radical (unpaired) electrons. The van der Waals surface area contributed by atoms with Crippen molar-refractivity contribution >= 4 is 21.6 Å². The third-order valence-electron chi connectivity index (χ3n) is 3.94. The highest BCUT2D eigenvalue weighted by Crippen LogP contribution is 2.25. The third kappa shape index (κ3) is 4.40. The summed E-state index contributed by atoms with van der Waals surface area (Å²) in [5.74, 6) is -5.48. The van der Waals surface area contributed by atoms with Gasteiger partial charge in [-0.2, -0.15) is 0 Å². The van der Waals surface area contributed by atoms with E-state index in [9.17, 15) is 26.4 Å². The molecule has 9 heteroatoms. The van der Waals surface area contributed by atoms with Crippen molar-refractivity contribution in [2.45, 2.75) is 38.1 Å². The number of carbonyl (C=O) groups excluding carboxylic acids is 1. The highest BCUT2D eigenvalue weighted by molar-refractivity contribution is 7.92. The largest absolute Gasteiger partial charge is 0.352 e. The number of sulfonamides is 1. The Morgan fingerprint density at radius 3 is 2.38 bits per heavy atom. The first-order chi connectivity index (χ1) is 11.2. The highest BCUT2D eigenvalue weighted by atomic mass is 32.2. The Morgan fingerprint density at radius 1 is 1.17 bits per heavy atom. The first-order valence-electron chi connectivity index (χ1n) is 7.60. The molecule has 134 valence electrons. The van der Waals surface area contributed by atoms with Crippen LogP contribution in [-0.2, 0) is 14.8 Å². The zero-order chi connectivity index (χ0) is 17.9. The number of carbonyl (C=O) groups is 1. The van der Waals surface area contributed by atoms with Gasteiger partial charge in [0.1, 0.15) is 6.54 Å². The average Bonchev–Trinajstić information content (AvgIpc) is 2.51. The first-order valence-corrected chi connectivity index (χ1v) is 9.45. The zero-order valence-corrected chi connectivity index (χ0v) is 14.0. The van der Waals surface area contributed by atoms with Gasteiger partial charge in [0.05, 0.1) is 11.9 Å². The molecule has 1 fully saturated rings. The minimum atomic E-state index is -4.06. The van der Waals surface area contributed by atoms with Crippen molar-refractivity contribution < 1.29 is 26.4 Å². The van der Waals surface area contributed by atoms with E-state index in [-0.39, 0.29) is 6.04 Å². The summed E-state index contributed by atoms with van der Waals surface area (Å²) in [6.07, 6.45) is 5.38. The summed E-state index contributed by atoms with van der Waals surface area (Å²) in [4.78, 5) is 12.1. The van der Waals surface area contributed by atoms with Crippen molar-refractivity contribution in [3.63, 3.8) is 0 Å². The summed E-state index contributed by atoms with van der Waals surface area (Å²) in [7, 11) is -4.06. The molecule has 2 rings (SSSR count). The lowest BCUT2D eigenvalue weighted by Crippen LogP contribution is -2.45. The molecule has 1 aliphatic rings. The number of nitrogens with one attached hydrogen (secondary N) is 1. The summed E-state index contributed by atoms with van der Waals surface area (Å²) in [5, 5.41) is 2.70. The minimum Gasteiger partial charge on any atom is -0.352 e. The molecular formula is C15H19F3N2O3S. The Kier molecular flexibility index (Phi) is 5.74. The highest BCUT2D eigenvalue weighted by Gasteiger charge is 2.27. The van der Waals surface area contributed by atoms with E-state index >= 15 is 0 Å². The van der Waals surface area contributed by atoms with Gasteiger partial charge in [0.2, 0.25) is 15.9 Å². The van der Waals surface area contributed by atoms with Crippen LogP contribution in [0.4, 0.5) is 18.9 Å². The molecule has 1 amide bonds. The Hall–Kier alpha value is -1.77. The van der Waals surface area contributed by atoms with Gasteiger partial charge < -0.3 is 5.32 Å². The van der Waals surface area contributed by atoms with Crippen LogP contribution >= 0.6 is 0 Å². The molecule has 0 spiro atoms. The number of benzene rings is 1. The molecule has 1 N–H and O–H groups in total. The predicted molar refractivity (Wildman–Crippen MR) is 83.5 cm³/mol. The second-order valence-corrected chi connectivity index (χ2v) is 7.77. The molecule has 0 aliphatic heterocycles. The Bertz CT molecular complexity index is 719. The average molecular weight is 364 g/mol. The van der Waals surface area contributed by atoms with Gasteiger partial charge in [-0.3, -0.25) is 9.10 Å². The number of anilines is 1. The lowest BCUT2D eigenvalue weighted by Gasteiger charge is -2.26. The summed E-state index contributed by atoms with van der Waals surface area (Å²) in [5.41, 5.74) is -0.699. The Balaban J connectivity index is 2.21. The van der Waals surface area contributed by atoms with Gasteiger partial charge in [0.15, 0.2) is 17.5 Å². The van der Waals surface area contributed by atoms with Gasteiger partial charge in [0.25, 0.3) is 0 Å². The van der Waals surface area contributed by atoms with Crippen molar-refractivity contribution in [1.82, 2.24) is 5.32 Å². The van der Waals surface area contributed by atoms with Crippen molar-refractivity contribution in [3.8, 4) is 0 Å². The van der Waals surface area contributed by atoms with Crippen LogP contribution in [0.1, 0.15) is 32.1 Å². The molecule has 0 bridgehead atoms. The smallest absolute Gasteiger partial charge is 0.240 e. The van der Waals surface area contributed by atoms with Crippen LogP contribution in [0.2, 0.25) is 0 Å². The summed E-state index contributed by atoms with van der Waals surface area (Å²) in [6.45, 7) is -0.697. The number of rotatable bonds is 5. The molecule has 0 heterocycles. The Morgan fingerprint density at radius 2 is 1.79 bits per heavy atom. The Labute approximate surface area is 138 Å². The van der Waals surface area contributed by atoms with Crippen LogP contribution in [0.3, 0.4) is 0 Å². The van der Waals surface area contributed by atoms with Gasteiger partial charge in [-0.15, -0.1) is 0 Å². The molecule has 0 saturated heterocycles. The summed E-state index contributed by atoms with van der Waals surface area (Å²) >= 11 is 0. The van der Waals surface area contributed by atoms with E-state index in [4.69, 9.17) is 0 Å². The van der Waals surface area contributed by atoms with Crippen LogP contribution in [0.5, 0.6) is 0 Å². The van der Waals surface area contributed by atoms with E-state index in [2.05, 4.69) is 5.32 Å². The van der Waals surface area contributed by atoms with E-state index in [1.165, 1.54) is 0 Å². The number of nitrogens with zero attached hydrogens (tertiary/aromatic N) is 1. The minimum absolute atomic E-state index is 0.0533. The number of hydrogen-bond donors (Lipinski definition) is 1. The van der Waals surface area contributed by atoms with Crippen LogP contribution < -0.4 is 9.62 Å². The molecule has 5 nitrogen and oxygen atoms in total. The lowest BCUT2D eigenvalue weighted by atomic mass is 9.95. The van der Waals surface area contributed by atoms with Crippen molar-refractivity contribution in [2.75, 3.05) is 17.1 Å². The van der Waals surface area contributed by atoms with Crippen molar-refractivity contribution in [2.24, 2.45) is 0 Å². The first kappa shape index (κ1) is 18.6. The van der Waals surface area contributed by atoms with Crippen LogP contribution in [0.25, 0.3) is 0 Å². The number of hydrogen-bond acceptors (Lipinski definition) is 3. The molecule has 0 atom stereocenters. The van der Waals surface area contributed by atoms with Crippen LogP contribution in [-0.4, -0.2) is 33.2 Å². The normalized spacial score (nSPS) is 16.0. The summed E-state index contributed by atoms with van der Waals surface area (Å²) in [6, 6.07) is 1.36. The van der Waals surface area contributed by atoms with E-state index in [0.29, 0.717) is 10.4 Å². The maximum Gasteiger partial charge on any atom is 0.240 e. The van der Waals surface area contributed by atoms with E-state index in [0.717, 1.165) is 44.4 Å². The maximum atomic E-state index is 13.9. The standard InChI is InChI=1S/C15H19F3N2O3S/c1-24(22,23)20(12-8-7-11(16)14(17)15(12)18)9-13(21)19-10-5-3-2-4-6-10/h7-8,10H,2-6,9H2,1H3,(H,19,21). The lowest BCUT2D eigenvalue weighted by molar-refractivity contribution is -0.120. The SMILES string of the molecule is CS(=O)(=O)N(CC(=O)NC1CCCCC1)c1ccc(F)c(F)c1F. The van der Waals surface area contributed by atoms with E-state index in [1.54, 1.807) is 0 Å². The maximum absolute atomic E-state index is 13.9. The predicted octanol–water partition coefficient (Wildman–Crippen LogP) is 2.32. The fourth-order valence-electron chi connectivity index (χ4n) is 2.74. The molecule has 1 aromatic rings. The molecule has 0 unspecified atom stereocenters. The van der Waals surface area contributed by atoms with Crippen LogP contribution in [0, 0.1) is 17.5 Å². The monoisotopic (exact) mass is 364 g/mol. The molecule has 1 aliphatic carbocycles. The topological polar surface area (TPSA) is 66.5 Å². The molecule has 0 aromatic heterocycles. The fraction of sp³-hybridized carbons (Fsp3) is 0.533. The summed E-state index contributed by atoms with van der Waals surface area (Å²) < 4.78 is 64.5. The molecule has 1 saturated carbocycles. The molecule has 1 aromatic carbocycles. The quantitative estimate of drug-likeness (QED) is 0.816. The van der Waals surface area contributed by atoms with Gasteiger partial charge >= 0.3 is 0 Å². The third-order valence-corrected chi connectivity index (χ3v) is 5.07. The van der Waals surface area contributed by atoms with E-state index in [1.807, 2.05) is 0 Å². The van der Waals surface area contributed by atoms with E-state index < -0.39 is 45.6 Å². The van der Waals surface area contributed by atoms with Gasteiger partial charge in [-0.25, -0.2) is 21.6 Å². The van der Waals surface area contributed by atoms with Gasteiger partial charge in [-0.05, 0) is 25.0 Å². The van der Waals surface area contributed by atoms with Gasteiger partial charge in [-0.1, -0.05) is 19.3 Å². The van der Waals surface area contributed by atoms with Gasteiger partial charge in [0, 0.05) is 6.04 Å².